The predicted octanol–water partition coefficient (Wildman–Crippen LogP) is 3.22. The Morgan fingerprint density at radius 3 is 2.47 bits per heavy atom. The summed E-state index contributed by atoms with van der Waals surface area (Å²) < 4.78 is 10.3. The van der Waals surface area contributed by atoms with Gasteiger partial charge < -0.3 is 4.74 Å². The Hall–Kier alpha value is -3.39. The second-order valence-electron chi connectivity index (χ2n) is 7.10. The summed E-state index contributed by atoms with van der Waals surface area (Å²) >= 11 is 6.41. The lowest BCUT2D eigenvalue weighted by molar-refractivity contribution is 0.303. The molecule has 2 aromatic carbocycles. The highest BCUT2D eigenvalue weighted by Gasteiger charge is 2.15. The summed E-state index contributed by atoms with van der Waals surface area (Å²) in [6.07, 6.45) is 0. The summed E-state index contributed by atoms with van der Waals surface area (Å²) in [5.41, 5.74) is 4.84. The SMILES string of the molecule is Cc1cc(-c2cc(C)n(C)n2)ccc1OCc1c(Cl)cccc1-n1nnn(C)c1=O. The second-order valence-corrected chi connectivity index (χ2v) is 7.51. The van der Waals surface area contributed by atoms with E-state index in [4.69, 9.17) is 16.3 Å². The molecule has 4 rings (SSSR count). The maximum atomic E-state index is 12.3. The number of tetrazole rings is 1. The molecule has 2 aromatic heterocycles. The number of nitrogens with zero attached hydrogens (tertiary/aromatic N) is 6. The first-order valence-electron chi connectivity index (χ1n) is 9.36. The van der Waals surface area contributed by atoms with Crippen molar-refractivity contribution in [2.45, 2.75) is 20.5 Å². The van der Waals surface area contributed by atoms with E-state index in [0.717, 1.165) is 32.9 Å². The van der Waals surface area contributed by atoms with Crippen LogP contribution in [0.4, 0.5) is 0 Å². The van der Waals surface area contributed by atoms with E-state index in [1.165, 1.54) is 4.68 Å². The van der Waals surface area contributed by atoms with Gasteiger partial charge in [-0.3, -0.25) is 4.68 Å². The van der Waals surface area contributed by atoms with Crippen molar-refractivity contribution < 1.29 is 4.74 Å². The number of aryl methyl sites for hydroxylation is 4. The molecule has 0 unspecified atom stereocenters. The lowest BCUT2D eigenvalue weighted by Gasteiger charge is -2.14. The van der Waals surface area contributed by atoms with Gasteiger partial charge in [0.15, 0.2) is 0 Å². The minimum atomic E-state index is -0.357. The van der Waals surface area contributed by atoms with Crippen LogP contribution in [0.15, 0.2) is 47.3 Å². The van der Waals surface area contributed by atoms with Crippen molar-refractivity contribution in [3.05, 3.63) is 74.8 Å². The maximum Gasteiger partial charge on any atom is 0.368 e. The molecule has 0 aliphatic heterocycles. The second kappa shape index (κ2) is 7.79. The first kappa shape index (κ1) is 19.9. The van der Waals surface area contributed by atoms with Crippen LogP contribution in [0.5, 0.6) is 5.75 Å². The molecule has 0 atom stereocenters. The van der Waals surface area contributed by atoms with Gasteiger partial charge in [-0.25, -0.2) is 4.79 Å². The Morgan fingerprint density at radius 1 is 1.03 bits per heavy atom. The third-order valence-corrected chi connectivity index (χ3v) is 5.35. The summed E-state index contributed by atoms with van der Waals surface area (Å²) in [4.78, 5) is 12.3. The predicted molar refractivity (Wildman–Crippen MR) is 114 cm³/mol. The molecule has 4 aromatic rings. The van der Waals surface area contributed by atoms with Gasteiger partial charge in [-0.05, 0) is 66.2 Å². The van der Waals surface area contributed by atoms with E-state index in [1.54, 1.807) is 25.2 Å². The van der Waals surface area contributed by atoms with Gasteiger partial charge in [-0.15, -0.1) is 0 Å². The zero-order valence-electron chi connectivity index (χ0n) is 17.1. The van der Waals surface area contributed by atoms with Crippen LogP contribution in [0.2, 0.25) is 5.02 Å². The number of hydrogen-bond donors (Lipinski definition) is 0. The van der Waals surface area contributed by atoms with Crippen LogP contribution in [0.1, 0.15) is 16.8 Å². The van der Waals surface area contributed by atoms with Crippen molar-refractivity contribution in [2.75, 3.05) is 0 Å². The average Bonchev–Trinajstić information content (AvgIpc) is 3.23. The van der Waals surface area contributed by atoms with Crippen molar-refractivity contribution in [3.8, 4) is 22.7 Å². The normalized spacial score (nSPS) is 11.1. The van der Waals surface area contributed by atoms with Crippen LogP contribution in [0, 0.1) is 13.8 Å². The van der Waals surface area contributed by atoms with Crippen LogP contribution < -0.4 is 10.4 Å². The summed E-state index contributed by atoms with van der Waals surface area (Å²) in [5.74, 6) is 0.726. The number of ether oxygens (including phenoxy) is 1. The molecule has 0 saturated carbocycles. The van der Waals surface area contributed by atoms with Crippen molar-refractivity contribution in [2.24, 2.45) is 14.1 Å². The molecule has 0 amide bonds. The van der Waals surface area contributed by atoms with E-state index >= 15 is 0 Å². The summed E-state index contributed by atoms with van der Waals surface area (Å²) in [7, 11) is 3.47. The molecular weight excluding hydrogens is 404 g/mol. The number of hydrogen-bond acceptors (Lipinski definition) is 5. The lowest BCUT2D eigenvalue weighted by atomic mass is 10.1. The number of rotatable bonds is 5. The van der Waals surface area contributed by atoms with E-state index in [0.29, 0.717) is 16.3 Å². The van der Waals surface area contributed by atoms with Crippen LogP contribution in [0.25, 0.3) is 16.9 Å². The van der Waals surface area contributed by atoms with E-state index in [1.807, 2.05) is 49.8 Å². The molecule has 2 heterocycles. The largest absolute Gasteiger partial charge is 0.488 e. The topological polar surface area (TPSA) is 79.8 Å². The first-order chi connectivity index (χ1) is 14.3. The highest BCUT2D eigenvalue weighted by molar-refractivity contribution is 6.31. The van der Waals surface area contributed by atoms with E-state index in [9.17, 15) is 4.79 Å². The Bertz CT molecular complexity index is 1270. The van der Waals surface area contributed by atoms with Gasteiger partial charge in [0.25, 0.3) is 0 Å². The molecule has 8 nitrogen and oxygen atoms in total. The first-order valence-corrected chi connectivity index (χ1v) is 9.74. The van der Waals surface area contributed by atoms with Gasteiger partial charge in [0, 0.05) is 35.9 Å². The van der Waals surface area contributed by atoms with Crippen LogP contribution in [-0.2, 0) is 20.7 Å². The average molecular weight is 425 g/mol. The zero-order chi connectivity index (χ0) is 21.4. The van der Waals surface area contributed by atoms with Crippen LogP contribution in [-0.4, -0.2) is 29.6 Å². The van der Waals surface area contributed by atoms with Gasteiger partial charge in [0.05, 0.1) is 11.4 Å². The van der Waals surface area contributed by atoms with Crippen molar-refractivity contribution in [3.63, 3.8) is 0 Å². The summed E-state index contributed by atoms with van der Waals surface area (Å²) in [5, 5.41) is 12.7. The highest BCUT2D eigenvalue weighted by atomic mass is 35.5. The lowest BCUT2D eigenvalue weighted by Crippen LogP contribution is -2.23. The fourth-order valence-electron chi connectivity index (χ4n) is 3.18. The monoisotopic (exact) mass is 424 g/mol. The van der Waals surface area contributed by atoms with Gasteiger partial charge in [0.2, 0.25) is 0 Å². The third-order valence-electron chi connectivity index (χ3n) is 5.00. The number of aromatic nitrogens is 6. The zero-order valence-corrected chi connectivity index (χ0v) is 17.9. The minimum Gasteiger partial charge on any atom is -0.488 e. The van der Waals surface area contributed by atoms with E-state index in [2.05, 4.69) is 15.5 Å². The third kappa shape index (κ3) is 3.61. The molecule has 0 aliphatic rings. The maximum absolute atomic E-state index is 12.3. The van der Waals surface area contributed by atoms with Crippen molar-refractivity contribution in [1.82, 2.24) is 29.6 Å². The standard InChI is InChI=1S/C21H21ClN6O2/c1-13-10-15(18-11-14(2)26(3)23-18)8-9-20(13)30-12-16-17(22)6-5-7-19(16)28-21(29)27(4)24-25-28/h5-11H,12H2,1-4H3. The molecule has 0 saturated heterocycles. The molecule has 30 heavy (non-hydrogen) atoms. The van der Waals surface area contributed by atoms with Gasteiger partial charge in [0.1, 0.15) is 12.4 Å². The summed E-state index contributed by atoms with van der Waals surface area (Å²) in [6.45, 7) is 4.18. The van der Waals surface area contributed by atoms with Crippen LogP contribution in [0.3, 0.4) is 0 Å². The Balaban J connectivity index is 1.61. The van der Waals surface area contributed by atoms with Gasteiger partial charge in [-0.2, -0.15) is 14.5 Å². The molecule has 0 aliphatic carbocycles. The fourth-order valence-corrected chi connectivity index (χ4v) is 3.40. The Labute approximate surface area is 178 Å². The molecule has 9 heteroatoms. The number of halogens is 1. The minimum absolute atomic E-state index is 0.181. The smallest absolute Gasteiger partial charge is 0.368 e. The highest BCUT2D eigenvalue weighted by Crippen LogP contribution is 2.28. The molecule has 0 fully saturated rings. The van der Waals surface area contributed by atoms with E-state index < -0.39 is 0 Å². The molecule has 154 valence electrons. The van der Waals surface area contributed by atoms with Crippen LogP contribution >= 0.6 is 11.6 Å². The Morgan fingerprint density at radius 2 is 1.83 bits per heavy atom. The molecule has 0 spiro atoms. The summed E-state index contributed by atoms with van der Waals surface area (Å²) in [6, 6.07) is 13.3. The van der Waals surface area contributed by atoms with Gasteiger partial charge in [-0.1, -0.05) is 17.7 Å². The molecule has 0 bridgehead atoms. The van der Waals surface area contributed by atoms with Crippen molar-refractivity contribution in [1.29, 1.82) is 0 Å². The molecular formula is C21H21ClN6O2. The molecule has 0 radical (unpaired) electrons. The molecule has 0 N–H and O–H groups in total. The van der Waals surface area contributed by atoms with Gasteiger partial charge >= 0.3 is 5.69 Å². The Kier molecular flexibility index (Phi) is 5.17. The fraction of sp³-hybridized carbons (Fsp3) is 0.238. The van der Waals surface area contributed by atoms with Crippen molar-refractivity contribution >= 4 is 11.6 Å². The quantitative estimate of drug-likeness (QED) is 0.491. The number of benzene rings is 2. The van der Waals surface area contributed by atoms with E-state index in [-0.39, 0.29) is 12.3 Å².